The van der Waals surface area contributed by atoms with Gasteiger partial charge in [0.2, 0.25) is 0 Å². The molecule has 0 saturated heterocycles. The second-order valence-electron chi connectivity index (χ2n) is 4.38. The Hall–Kier alpha value is -1.27. The van der Waals surface area contributed by atoms with E-state index in [4.69, 9.17) is 6.42 Å². The molecule has 1 aliphatic carbocycles. The monoisotopic (exact) mass is 217 g/mol. The van der Waals surface area contributed by atoms with Crippen molar-refractivity contribution in [3.8, 4) is 12.3 Å². The van der Waals surface area contributed by atoms with E-state index in [1.165, 1.54) is 24.1 Å². The fourth-order valence-corrected chi connectivity index (χ4v) is 2.38. The van der Waals surface area contributed by atoms with Crippen molar-refractivity contribution in [1.29, 1.82) is 0 Å². The van der Waals surface area contributed by atoms with Crippen LogP contribution in [0.1, 0.15) is 43.0 Å². The molecule has 1 heterocycles. The maximum atomic E-state index is 5.24. The largest absolute Gasteiger partial charge is 0.310 e. The second-order valence-corrected chi connectivity index (χ2v) is 4.38. The Morgan fingerprint density at radius 1 is 1.69 bits per heavy atom. The highest BCUT2D eigenvalue weighted by Crippen LogP contribution is 2.28. The van der Waals surface area contributed by atoms with Crippen LogP contribution in [0.25, 0.3) is 0 Å². The first kappa shape index (κ1) is 11.2. The number of nitrogens with zero attached hydrogens (tertiary/aromatic N) is 2. The topological polar surface area (TPSA) is 29.9 Å². The van der Waals surface area contributed by atoms with Gasteiger partial charge in [-0.25, -0.2) is 0 Å². The third kappa shape index (κ3) is 2.28. The average Bonchev–Trinajstić information content (AvgIpc) is 2.68. The third-order valence-corrected chi connectivity index (χ3v) is 3.26. The maximum absolute atomic E-state index is 5.24. The lowest BCUT2D eigenvalue weighted by Crippen LogP contribution is -2.26. The highest BCUT2D eigenvalue weighted by Gasteiger charge is 2.22. The number of nitrogens with one attached hydrogen (secondary N) is 1. The highest BCUT2D eigenvalue weighted by atomic mass is 15.3. The molecular formula is C13H19N3. The van der Waals surface area contributed by atoms with E-state index >= 15 is 0 Å². The normalized spacial score (nSPS) is 19.1. The molecule has 1 N–H and O–H groups in total. The van der Waals surface area contributed by atoms with Gasteiger partial charge in [0.1, 0.15) is 0 Å². The fourth-order valence-electron chi connectivity index (χ4n) is 2.38. The van der Waals surface area contributed by atoms with Crippen LogP contribution in [0.2, 0.25) is 0 Å². The summed E-state index contributed by atoms with van der Waals surface area (Å²) in [6.45, 7) is 1.00. The molecule has 0 radical (unpaired) electrons. The van der Waals surface area contributed by atoms with Gasteiger partial charge in [-0.05, 0) is 32.2 Å². The van der Waals surface area contributed by atoms with E-state index in [0.717, 1.165) is 25.8 Å². The van der Waals surface area contributed by atoms with Gasteiger partial charge in [-0.3, -0.25) is 4.68 Å². The van der Waals surface area contributed by atoms with E-state index < -0.39 is 0 Å². The first-order chi connectivity index (χ1) is 7.83. The lowest BCUT2D eigenvalue weighted by molar-refractivity contribution is 0.450. The molecule has 3 heteroatoms. The molecule has 86 valence electrons. The van der Waals surface area contributed by atoms with Crippen molar-refractivity contribution in [3.63, 3.8) is 0 Å². The number of hydrogen-bond acceptors (Lipinski definition) is 2. The van der Waals surface area contributed by atoms with Gasteiger partial charge in [0.15, 0.2) is 0 Å². The van der Waals surface area contributed by atoms with Crippen LogP contribution in [-0.2, 0) is 13.5 Å². The molecule has 0 spiro atoms. The zero-order valence-electron chi connectivity index (χ0n) is 9.87. The molecule has 0 aromatic carbocycles. The number of rotatable bonds is 4. The Kier molecular flexibility index (Phi) is 3.63. The lowest BCUT2D eigenvalue weighted by atomic mass is 9.93. The van der Waals surface area contributed by atoms with E-state index in [2.05, 4.69) is 16.3 Å². The minimum Gasteiger partial charge on any atom is -0.310 e. The summed E-state index contributed by atoms with van der Waals surface area (Å²) in [5, 5.41) is 7.91. The molecule has 0 saturated carbocycles. The zero-order valence-corrected chi connectivity index (χ0v) is 9.87. The summed E-state index contributed by atoms with van der Waals surface area (Å²) >= 11 is 0. The SMILES string of the molecule is C#CCCCNC1CCCc2c1cnn2C. The molecule has 0 amide bonds. The standard InChI is InChI=1S/C13H19N3/c1-3-4-5-9-14-12-7-6-8-13-11(12)10-15-16(13)2/h1,10,12,14H,4-9H2,2H3. The molecule has 3 nitrogen and oxygen atoms in total. The van der Waals surface area contributed by atoms with Crippen molar-refractivity contribution >= 4 is 0 Å². The molecule has 1 atom stereocenters. The van der Waals surface area contributed by atoms with E-state index in [1.54, 1.807) is 0 Å². The van der Waals surface area contributed by atoms with E-state index in [9.17, 15) is 0 Å². The summed E-state index contributed by atoms with van der Waals surface area (Å²) < 4.78 is 2.00. The number of fused-ring (bicyclic) bond motifs is 1. The van der Waals surface area contributed by atoms with Crippen molar-refractivity contribution in [2.75, 3.05) is 6.54 Å². The lowest BCUT2D eigenvalue weighted by Gasteiger charge is -2.23. The molecule has 16 heavy (non-hydrogen) atoms. The summed E-state index contributed by atoms with van der Waals surface area (Å²) in [7, 11) is 2.03. The van der Waals surface area contributed by atoms with Crippen LogP contribution in [0, 0.1) is 12.3 Å². The zero-order chi connectivity index (χ0) is 11.4. The molecule has 0 aliphatic heterocycles. The summed E-state index contributed by atoms with van der Waals surface area (Å²) in [6.07, 6.45) is 12.8. The molecule has 1 unspecified atom stereocenters. The molecule has 0 bridgehead atoms. The van der Waals surface area contributed by atoms with Crippen molar-refractivity contribution in [3.05, 3.63) is 17.5 Å². The summed E-state index contributed by atoms with van der Waals surface area (Å²) in [5.41, 5.74) is 2.77. The van der Waals surface area contributed by atoms with E-state index in [1.807, 2.05) is 17.9 Å². The predicted octanol–water partition coefficient (Wildman–Crippen LogP) is 1.80. The minimum absolute atomic E-state index is 0.482. The van der Waals surface area contributed by atoms with Gasteiger partial charge in [0.05, 0.1) is 6.20 Å². The van der Waals surface area contributed by atoms with Crippen LogP contribution in [0.15, 0.2) is 6.20 Å². The van der Waals surface area contributed by atoms with Crippen molar-refractivity contribution < 1.29 is 0 Å². The summed E-state index contributed by atoms with van der Waals surface area (Å²) in [5.74, 6) is 2.67. The Morgan fingerprint density at radius 3 is 3.38 bits per heavy atom. The van der Waals surface area contributed by atoms with E-state index in [-0.39, 0.29) is 0 Å². The number of unbranched alkanes of at least 4 members (excludes halogenated alkanes) is 1. The van der Waals surface area contributed by atoms with Crippen LogP contribution in [-0.4, -0.2) is 16.3 Å². The highest BCUT2D eigenvalue weighted by molar-refractivity contribution is 5.24. The predicted molar refractivity (Wildman–Crippen MR) is 65.0 cm³/mol. The Balaban J connectivity index is 1.94. The smallest absolute Gasteiger partial charge is 0.0540 e. The van der Waals surface area contributed by atoms with Gasteiger partial charge >= 0.3 is 0 Å². The van der Waals surface area contributed by atoms with E-state index in [0.29, 0.717) is 6.04 Å². The maximum Gasteiger partial charge on any atom is 0.0540 e. The number of hydrogen-bond donors (Lipinski definition) is 1. The minimum atomic E-state index is 0.482. The number of terminal acetylenes is 1. The molecule has 1 aromatic rings. The molecule has 2 rings (SSSR count). The second kappa shape index (κ2) is 5.18. The van der Waals surface area contributed by atoms with Crippen LogP contribution < -0.4 is 5.32 Å². The first-order valence-corrected chi connectivity index (χ1v) is 6.00. The fraction of sp³-hybridized carbons (Fsp3) is 0.615. The van der Waals surface area contributed by atoms with Crippen LogP contribution in [0.4, 0.5) is 0 Å². The number of aromatic nitrogens is 2. The van der Waals surface area contributed by atoms with Crippen molar-refractivity contribution in [1.82, 2.24) is 15.1 Å². The van der Waals surface area contributed by atoms with Crippen LogP contribution in [0.5, 0.6) is 0 Å². The molecule has 1 aromatic heterocycles. The Bertz CT molecular complexity index is 386. The van der Waals surface area contributed by atoms with Crippen LogP contribution >= 0.6 is 0 Å². The summed E-state index contributed by atoms with van der Waals surface area (Å²) in [4.78, 5) is 0. The van der Waals surface area contributed by atoms with Crippen molar-refractivity contribution in [2.24, 2.45) is 7.05 Å². The van der Waals surface area contributed by atoms with Gasteiger partial charge in [0.25, 0.3) is 0 Å². The average molecular weight is 217 g/mol. The first-order valence-electron chi connectivity index (χ1n) is 6.00. The van der Waals surface area contributed by atoms with Gasteiger partial charge in [-0.2, -0.15) is 5.10 Å². The third-order valence-electron chi connectivity index (χ3n) is 3.26. The van der Waals surface area contributed by atoms with Gasteiger partial charge in [-0.1, -0.05) is 0 Å². The van der Waals surface area contributed by atoms with Gasteiger partial charge < -0.3 is 5.32 Å². The molecule has 0 fully saturated rings. The van der Waals surface area contributed by atoms with Crippen LogP contribution in [0.3, 0.4) is 0 Å². The number of aryl methyl sites for hydroxylation is 1. The quantitative estimate of drug-likeness (QED) is 0.615. The Morgan fingerprint density at radius 2 is 2.56 bits per heavy atom. The van der Waals surface area contributed by atoms with Gasteiger partial charge in [-0.15, -0.1) is 12.3 Å². The molecular weight excluding hydrogens is 198 g/mol. The summed E-state index contributed by atoms with van der Waals surface area (Å²) in [6, 6.07) is 0.482. The van der Waals surface area contributed by atoms with Crippen molar-refractivity contribution in [2.45, 2.75) is 38.1 Å². The van der Waals surface area contributed by atoms with Gasteiger partial charge in [0, 0.05) is 30.8 Å². The molecule has 1 aliphatic rings. The Labute approximate surface area is 97.2 Å².